The fourth-order valence-electron chi connectivity index (χ4n) is 3.48. The lowest BCUT2D eigenvalue weighted by Crippen LogP contribution is -2.47. The van der Waals surface area contributed by atoms with Crippen molar-refractivity contribution in [3.05, 3.63) is 47.8 Å². The number of amides is 1. The number of carbonyl (C=O) groups is 1. The zero-order valence-electron chi connectivity index (χ0n) is 16.0. The molecule has 0 radical (unpaired) electrons. The summed E-state index contributed by atoms with van der Waals surface area (Å²) in [4.78, 5) is 14.7. The number of rotatable bonds is 5. The van der Waals surface area contributed by atoms with Crippen molar-refractivity contribution in [2.75, 3.05) is 25.9 Å². The van der Waals surface area contributed by atoms with Gasteiger partial charge in [-0.1, -0.05) is 18.2 Å². The molecule has 0 saturated carbocycles. The van der Waals surface area contributed by atoms with Crippen molar-refractivity contribution in [1.82, 2.24) is 19.0 Å². The Morgan fingerprint density at radius 1 is 1.22 bits per heavy atom. The minimum absolute atomic E-state index is 0.0471. The largest absolute Gasteiger partial charge is 0.338 e. The van der Waals surface area contributed by atoms with E-state index in [0.717, 1.165) is 11.4 Å². The molecule has 8 heteroatoms. The van der Waals surface area contributed by atoms with E-state index in [9.17, 15) is 13.2 Å². The highest BCUT2D eigenvalue weighted by atomic mass is 32.2. The average molecular weight is 391 g/mol. The van der Waals surface area contributed by atoms with E-state index in [0.29, 0.717) is 31.5 Å². The highest BCUT2D eigenvalue weighted by molar-refractivity contribution is 7.89. The van der Waals surface area contributed by atoms with Gasteiger partial charge in [-0.25, -0.2) is 17.4 Å². The van der Waals surface area contributed by atoms with Crippen LogP contribution in [0.2, 0.25) is 0 Å². The molecule has 7 nitrogen and oxygen atoms in total. The molecule has 1 aliphatic rings. The number of aromatic nitrogens is 2. The number of hydrogen-bond donors (Lipinski definition) is 0. The Morgan fingerprint density at radius 2 is 1.85 bits per heavy atom. The lowest BCUT2D eigenvalue weighted by atomic mass is 10.0. The third kappa shape index (κ3) is 3.91. The second-order valence-electron chi connectivity index (χ2n) is 6.83. The smallest absolute Gasteiger partial charge is 0.257 e. The maximum atomic E-state index is 12.9. The Kier molecular flexibility index (Phi) is 5.67. The van der Waals surface area contributed by atoms with Crippen molar-refractivity contribution >= 4 is 15.9 Å². The van der Waals surface area contributed by atoms with Crippen molar-refractivity contribution in [3.63, 3.8) is 0 Å². The topological polar surface area (TPSA) is 75.5 Å². The van der Waals surface area contributed by atoms with Gasteiger partial charge in [0.1, 0.15) is 0 Å². The quantitative estimate of drug-likeness (QED) is 0.783. The molecule has 146 valence electrons. The van der Waals surface area contributed by atoms with Gasteiger partial charge in [-0.2, -0.15) is 5.10 Å². The summed E-state index contributed by atoms with van der Waals surface area (Å²) < 4.78 is 27.3. The van der Waals surface area contributed by atoms with Gasteiger partial charge < -0.3 is 4.90 Å². The number of piperidine rings is 1. The van der Waals surface area contributed by atoms with Gasteiger partial charge in [0.05, 0.1) is 28.9 Å². The van der Waals surface area contributed by atoms with Crippen LogP contribution >= 0.6 is 0 Å². The second-order valence-corrected chi connectivity index (χ2v) is 9.15. The molecule has 1 aromatic heterocycles. The first-order valence-corrected chi connectivity index (χ1v) is 10.8. The van der Waals surface area contributed by atoms with Gasteiger partial charge in [-0.3, -0.25) is 4.79 Å². The normalized spacial score (nSPS) is 16.1. The molecule has 1 aliphatic heterocycles. The first kappa shape index (κ1) is 19.6. The molecule has 0 N–H and O–H groups in total. The van der Waals surface area contributed by atoms with Crippen LogP contribution < -0.4 is 0 Å². The molecular formula is C19H26N4O3S. The molecule has 0 bridgehead atoms. The van der Waals surface area contributed by atoms with E-state index in [4.69, 9.17) is 0 Å². The van der Waals surface area contributed by atoms with Crippen LogP contribution in [0.3, 0.4) is 0 Å². The van der Waals surface area contributed by atoms with Crippen LogP contribution in [0.15, 0.2) is 36.5 Å². The van der Waals surface area contributed by atoms with E-state index in [1.807, 2.05) is 37.3 Å². The van der Waals surface area contributed by atoms with Crippen LogP contribution in [0.25, 0.3) is 5.69 Å². The molecule has 1 saturated heterocycles. The summed E-state index contributed by atoms with van der Waals surface area (Å²) in [7, 11) is -1.57. The van der Waals surface area contributed by atoms with Crippen LogP contribution in [0, 0.1) is 6.92 Å². The highest BCUT2D eigenvalue weighted by Gasteiger charge is 2.31. The van der Waals surface area contributed by atoms with Gasteiger partial charge in [0.15, 0.2) is 0 Å². The Labute approximate surface area is 160 Å². The molecule has 27 heavy (non-hydrogen) atoms. The van der Waals surface area contributed by atoms with Gasteiger partial charge in [0, 0.05) is 26.2 Å². The van der Waals surface area contributed by atoms with Crippen LogP contribution in [-0.4, -0.2) is 65.2 Å². The second kappa shape index (κ2) is 7.82. The lowest BCUT2D eigenvalue weighted by Gasteiger charge is -2.36. The molecule has 2 aromatic rings. The zero-order valence-corrected chi connectivity index (χ0v) is 16.8. The first-order valence-electron chi connectivity index (χ1n) is 9.20. The zero-order chi connectivity index (χ0) is 19.6. The van der Waals surface area contributed by atoms with E-state index < -0.39 is 10.0 Å². The Bertz CT molecular complexity index is 900. The molecule has 0 atom stereocenters. The fraction of sp³-hybridized carbons (Fsp3) is 0.474. The van der Waals surface area contributed by atoms with Crippen molar-refractivity contribution < 1.29 is 13.2 Å². The number of sulfonamides is 1. The SMILES string of the molecule is CCS(=O)(=O)N(C)C1CCN(C(=O)c2cnn(-c3ccccc3)c2C)CC1. The van der Waals surface area contributed by atoms with Crippen molar-refractivity contribution in [1.29, 1.82) is 0 Å². The van der Waals surface area contributed by atoms with Crippen LogP contribution in [0.4, 0.5) is 0 Å². The van der Waals surface area contributed by atoms with E-state index in [1.54, 1.807) is 29.7 Å². The molecule has 1 amide bonds. The monoisotopic (exact) mass is 390 g/mol. The molecule has 0 spiro atoms. The average Bonchev–Trinajstić information content (AvgIpc) is 3.09. The fourth-order valence-corrected chi connectivity index (χ4v) is 4.56. The maximum absolute atomic E-state index is 12.9. The number of benzene rings is 1. The Hall–Kier alpha value is -2.19. The summed E-state index contributed by atoms with van der Waals surface area (Å²) in [6.45, 7) is 4.63. The summed E-state index contributed by atoms with van der Waals surface area (Å²) in [5.41, 5.74) is 2.31. The Balaban J connectivity index is 1.69. The third-order valence-corrected chi connectivity index (χ3v) is 7.22. The molecule has 1 fully saturated rings. The van der Waals surface area contributed by atoms with Crippen LogP contribution in [0.5, 0.6) is 0 Å². The number of carbonyl (C=O) groups excluding carboxylic acids is 1. The molecule has 3 rings (SSSR count). The van der Waals surface area contributed by atoms with E-state index in [-0.39, 0.29) is 17.7 Å². The van der Waals surface area contributed by atoms with Crippen LogP contribution in [0.1, 0.15) is 35.8 Å². The summed E-state index contributed by atoms with van der Waals surface area (Å²) in [5, 5.41) is 4.37. The number of nitrogens with zero attached hydrogens (tertiary/aromatic N) is 4. The molecule has 1 aromatic carbocycles. The number of likely N-dealkylation sites (tertiary alicyclic amines) is 1. The van der Waals surface area contributed by atoms with Crippen molar-refractivity contribution in [2.24, 2.45) is 0 Å². The van der Waals surface area contributed by atoms with Gasteiger partial charge in [0.2, 0.25) is 10.0 Å². The minimum atomic E-state index is -3.21. The summed E-state index contributed by atoms with van der Waals surface area (Å²) in [5.74, 6) is 0.0506. The van der Waals surface area contributed by atoms with Crippen molar-refractivity contribution in [2.45, 2.75) is 32.7 Å². The first-order chi connectivity index (χ1) is 12.8. The standard InChI is InChI=1S/C19H26N4O3S/c1-4-27(25,26)21(3)16-10-12-22(13-11-16)19(24)18-14-20-23(15(18)2)17-8-6-5-7-9-17/h5-9,14,16H,4,10-13H2,1-3H3. The number of para-hydroxylation sites is 1. The molecular weight excluding hydrogens is 364 g/mol. The summed E-state index contributed by atoms with van der Waals surface area (Å²) in [6.07, 6.45) is 2.91. The van der Waals surface area contributed by atoms with E-state index >= 15 is 0 Å². The van der Waals surface area contributed by atoms with E-state index in [1.165, 1.54) is 4.31 Å². The number of hydrogen-bond acceptors (Lipinski definition) is 4. The molecule has 0 unspecified atom stereocenters. The lowest BCUT2D eigenvalue weighted by molar-refractivity contribution is 0.0685. The van der Waals surface area contributed by atoms with Gasteiger partial charge in [0.25, 0.3) is 5.91 Å². The Morgan fingerprint density at radius 3 is 2.44 bits per heavy atom. The van der Waals surface area contributed by atoms with Gasteiger partial charge in [-0.15, -0.1) is 0 Å². The predicted molar refractivity (Wildman–Crippen MR) is 104 cm³/mol. The minimum Gasteiger partial charge on any atom is -0.338 e. The predicted octanol–water partition coefficient (Wildman–Crippen LogP) is 2.07. The van der Waals surface area contributed by atoms with E-state index in [2.05, 4.69) is 5.10 Å². The summed E-state index contributed by atoms with van der Waals surface area (Å²) in [6, 6.07) is 9.65. The summed E-state index contributed by atoms with van der Waals surface area (Å²) >= 11 is 0. The highest BCUT2D eigenvalue weighted by Crippen LogP contribution is 2.22. The van der Waals surface area contributed by atoms with Gasteiger partial charge in [-0.05, 0) is 38.8 Å². The van der Waals surface area contributed by atoms with Crippen LogP contribution in [-0.2, 0) is 10.0 Å². The maximum Gasteiger partial charge on any atom is 0.257 e. The van der Waals surface area contributed by atoms with Gasteiger partial charge >= 0.3 is 0 Å². The molecule has 2 heterocycles. The molecule has 0 aliphatic carbocycles. The van der Waals surface area contributed by atoms with Crippen molar-refractivity contribution in [3.8, 4) is 5.69 Å². The third-order valence-electron chi connectivity index (χ3n) is 5.31.